The van der Waals surface area contributed by atoms with Crippen molar-refractivity contribution in [2.24, 2.45) is 0 Å². The van der Waals surface area contributed by atoms with Crippen molar-refractivity contribution in [2.75, 3.05) is 5.32 Å². The monoisotopic (exact) mass is 496 g/mol. The summed E-state index contributed by atoms with van der Waals surface area (Å²) in [5.41, 5.74) is 0.994. The Kier molecular flexibility index (Phi) is 7.06. The van der Waals surface area contributed by atoms with Gasteiger partial charge in [0.05, 0.1) is 12.2 Å². The maximum atomic E-state index is 13.5. The van der Waals surface area contributed by atoms with Gasteiger partial charge in [0.1, 0.15) is 0 Å². The van der Waals surface area contributed by atoms with E-state index in [0.29, 0.717) is 11.3 Å². The summed E-state index contributed by atoms with van der Waals surface area (Å²) in [5.74, 6) is -3.51. The van der Waals surface area contributed by atoms with Crippen LogP contribution in [-0.2, 0) is 16.1 Å². The highest BCUT2D eigenvalue weighted by molar-refractivity contribution is 7.14. The molecule has 8 nitrogen and oxygen atoms in total. The van der Waals surface area contributed by atoms with Crippen LogP contribution in [-0.4, -0.2) is 32.7 Å². The number of hydrogen-bond donors (Lipinski definition) is 1. The number of benzene rings is 2. The summed E-state index contributed by atoms with van der Waals surface area (Å²) in [6.45, 7) is 1.54. The molecule has 11 heteroatoms. The predicted octanol–water partition coefficient (Wildman–Crippen LogP) is 3.88. The summed E-state index contributed by atoms with van der Waals surface area (Å²) >= 11 is 1.07. The SMILES string of the molecule is C[C@@H](OC(=O)c1ccc(=O)n(Cc2ccccc2)n1)C(=O)Nc1nc(-c2ccc(F)c(F)c2)cs1. The zero-order chi connectivity index (χ0) is 24.9. The number of nitrogens with one attached hydrogen (secondary N) is 1. The van der Waals surface area contributed by atoms with Crippen molar-refractivity contribution in [3.63, 3.8) is 0 Å². The van der Waals surface area contributed by atoms with Crippen molar-refractivity contribution in [3.8, 4) is 11.3 Å². The Labute approximate surface area is 201 Å². The van der Waals surface area contributed by atoms with Gasteiger partial charge in [0.15, 0.2) is 28.6 Å². The van der Waals surface area contributed by atoms with Crippen LogP contribution in [0.2, 0.25) is 0 Å². The average Bonchev–Trinajstić information content (AvgIpc) is 3.31. The second kappa shape index (κ2) is 10.3. The zero-order valence-corrected chi connectivity index (χ0v) is 19.1. The molecule has 0 aliphatic carbocycles. The fourth-order valence-electron chi connectivity index (χ4n) is 3.03. The molecule has 0 fully saturated rings. The number of rotatable bonds is 7. The van der Waals surface area contributed by atoms with E-state index < -0.39 is 35.2 Å². The number of thiazole rings is 1. The van der Waals surface area contributed by atoms with E-state index in [2.05, 4.69) is 15.4 Å². The molecule has 178 valence electrons. The molecule has 0 aliphatic rings. The fourth-order valence-corrected chi connectivity index (χ4v) is 3.75. The first-order valence-electron chi connectivity index (χ1n) is 10.3. The Hall–Kier alpha value is -4.25. The number of aromatic nitrogens is 3. The molecule has 2 heterocycles. The molecule has 4 aromatic rings. The molecule has 0 saturated heterocycles. The number of amides is 1. The number of hydrogen-bond acceptors (Lipinski definition) is 7. The second-order valence-corrected chi connectivity index (χ2v) is 8.26. The van der Waals surface area contributed by atoms with Crippen LogP contribution in [0.15, 0.2) is 70.8 Å². The van der Waals surface area contributed by atoms with E-state index in [9.17, 15) is 23.2 Å². The minimum Gasteiger partial charge on any atom is -0.448 e. The van der Waals surface area contributed by atoms with Gasteiger partial charge in [-0.3, -0.25) is 14.9 Å². The third kappa shape index (κ3) is 5.82. The van der Waals surface area contributed by atoms with Crippen molar-refractivity contribution in [3.05, 3.63) is 99.3 Å². The van der Waals surface area contributed by atoms with Crippen molar-refractivity contribution >= 4 is 28.3 Å². The van der Waals surface area contributed by atoms with Crippen LogP contribution in [0.25, 0.3) is 11.3 Å². The topological polar surface area (TPSA) is 103 Å². The molecule has 0 radical (unpaired) electrons. The number of esters is 1. The molecule has 0 spiro atoms. The van der Waals surface area contributed by atoms with Crippen molar-refractivity contribution in [1.29, 1.82) is 0 Å². The second-order valence-electron chi connectivity index (χ2n) is 7.40. The number of nitrogens with zero attached hydrogens (tertiary/aromatic N) is 3. The van der Waals surface area contributed by atoms with Gasteiger partial charge in [-0.05, 0) is 36.8 Å². The van der Waals surface area contributed by atoms with Gasteiger partial charge >= 0.3 is 5.97 Å². The number of ether oxygens (including phenoxy) is 1. The largest absolute Gasteiger partial charge is 0.448 e. The molecular weight excluding hydrogens is 478 g/mol. The number of carbonyl (C=O) groups excluding carboxylic acids is 2. The third-order valence-corrected chi connectivity index (χ3v) is 5.61. The first-order valence-corrected chi connectivity index (χ1v) is 11.2. The Morgan fingerprint density at radius 2 is 1.86 bits per heavy atom. The third-order valence-electron chi connectivity index (χ3n) is 4.85. The predicted molar refractivity (Wildman–Crippen MR) is 125 cm³/mol. The summed E-state index contributed by atoms with van der Waals surface area (Å²) in [6.07, 6.45) is -1.20. The Morgan fingerprint density at radius 3 is 2.60 bits per heavy atom. The summed E-state index contributed by atoms with van der Waals surface area (Å²) in [5, 5.41) is 8.32. The van der Waals surface area contributed by atoms with E-state index in [1.165, 1.54) is 25.1 Å². The quantitative estimate of drug-likeness (QED) is 0.390. The van der Waals surface area contributed by atoms with Crippen LogP contribution in [0.5, 0.6) is 0 Å². The summed E-state index contributed by atoms with van der Waals surface area (Å²) < 4.78 is 32.9. The molecule has 1 amide bonds. The molecule has 2 aromatic heterocycles. The highest BCUT2D eigenvalue weighted by Gasteiger charge is 2.22. The Bertz CT molecular complexity index is 1440. The van der Waals surface area contributed by atoms with E-state index >= 15 is 0 Å². The minimum atomic E-state index is -1.20. The van der Waals surface area contributed by atoms with Gasteiger partial charge in [0, 0.05) is 17.0 Å². The minimum absolute atomic E-state index is 0.130. The summed E-state index contributed by atoms with van der Waals surface area (Å²) in [7, 11) is 0. The van der Waals surface area contributed by atoms with Gasteiger partial charge in [-0.15, -0.1) is 11.3 Å². The first-order chi connectivity index (χ1) is 16.8. The Balaban J connectivity index is 1.39. The Morgan fingerprint density at radius 1 is 1.09 bits per heavy atom. The lowest BCUT2D eigenvalue weighted by Gasteiger charge is -2.12. The molecule has 4 rings (SSSR count). The van der Waals surface area contributed by atoms with Crippen molar-refractivity contribution < 1.29 is 23.1 Å². The molecule has 2 aromatic carbocycles. The van der Waals surface area contributed by atoms with Gasteiger partial charge in [-0.2, -0.15) is 5.10 Å². The molecule has 1 N–H and O–H groups in total. The highest BCUT2D eigenvalue weighted by Crippen LogP contribution is 2.26. The zero-order valence-electron chi connectivity index (χ0n) is 18.3. The summed E-state index contributed by atoms with van der Waals surface area (Å²) in [6, 6.07) is 14.9. The van der Waals surface area contributed by atoms with Crippen molar-refractivity contribution in [1.82, 2.24) is 14.8 Å². The number of halogens is 2. The van der Waals surface area contributed by atoms with Gasteiger partial charge in [-0.1, -0.05) is 30.3 Å². The molecular formula is C24H18F2N4O4S. The van der Waals surface area contributed by atoms with Gasteiger partial charge < -0.3 is 4.74 Å². The first kappa shape index (κ1) is 23.9. The van der Waals surface area contributed by atoms with E-state index in [1.54, 1.807) is 5.38 Å². The van der Waals surface area contributed by atoms with Gasteiger partial charge in [0.25, 0.3) is 11.5 Å². The molecule has 1 atom stereocenters. The van der Waals surface area contributed by atoms with Crippen LogP contribution < -0.4 is 10.9 Å². The highest BCUT2D eigenvalue weighted by atomic mass is 32.1. The lowest BCUT2D eigenvalue weighted by Crippen LogP contribution is -2.31. The molecule has 0 aliphatic heterocycles. The molecule has 0 saturated carbocycles. The van der Waals surface area contributed by atoms with Crippen LogP contribution in [0, 0.1) is 11.6 Å². The smallest absolute Gasteiger partial charge is 0.359 e. The normalized spacial score (nSPS) is 11.6. The van der Waals surface area contributed by atoms with Crippen LogP contribution in [0.4, 0.5) is 13.9 Å². The molecule has 35 heavy (non-hydrogen) atoms. The number of anilines is 1. The van der Waals surface area contributed by atoms with Crippen LogP contribution in [0.3, 0.4) is 0 Å². The maximum absolute atomic E-state index is 13.5. The standard InChI is InChI=1S/C24H18F2N4O4S/c1-14(22(32)28-24-27-20(13-35-24)16-7-8-17(25)18(26)11-16)34-23(33)19-9-10-21(31)30(29-19)12-15-5-3-2-4-6-15/h2-11,13-14H,12H2,1H3,(H,27,28,32)/t14-/m1/s1. The van der Waals surface area contributed by atoms with Gasteiger partial charge in [-0.25, -0.2) is 23.2 Å². The lowest BCUT2D eigenvalue weighted by atomic mass is 10.2. The molecule has 0 bridgehead atoms. The maximum Gasteiger partial charge on any atom is 0.359 e. The van der Waals surface area contributed by atoms with Crippen LogP contribution >= 0.6 is 11.3 Å². The molecule has 0 unspecified atom stereocenters. The number of carbonyl (C=O) groups is 2. The fraction of sp³-hybridized carbons (Fsp3) is 0.125. The van der Waals surface area contributed by atoms with E-state index in [4.69, 9.17) is 4.74 Å². The van der Waals surface area contributed by atoms with E-state index in [0.717, 1.165) is 33.7 Å². The summed E-state index contributed by atoms with van der Waals surface area (Å²) in [4.78, 5) is 41.3. The van der Waals surface area contributed by atoms with E-state index in [-0.39, 0.29) is 17.4 Å². The van der Waals surface area contributed by atoms with Crippen LogP contribution in [0.1, 0.15) is 23.0 Å². The van der Waals surface area contributed by atoms with E-state index in [1.807, 2.05) is 30.3 Å². The van der Waals surface area contributed by atoms with Crippen molar-refractivity contribution in [2.45, 2.75) is 19.6 Å². The van der Waals surface area contributed by atoms with Gasteiger partial charge in [0.2, 0.25) is 0 Å². The lowest BCUT2D eigenvalue weighted by molar-refractivity contribution is -0.123. The average molecular weight is 496 g/mol.